The van der Waals surface area contributed by atoms with E-state index < -0.39 is 100.0 Å². The SMILES string of the molecule is CCS(=O)(=O)N(C)C[C@@H](NC(=O)N[C@H](C(=O)N1CCC(C(C)C)[C@H]1C(=O)NC(CCC(F)(F)F)C(=O)C(=O)NC1CC1)C1Cc2ccccc2C1)C(C)(C)C. The topological polar surface area (TPSA) is 174 Å². The summed E-state index contributed by atoms with van der Waals surface area (Å²) in [4.78, 5) is 70.0. The average molecular weight is 799 g/mol. The molecule has 13 nitrogen and oxygen atoms in total. The van der Waals surface area contributed by atoms with E-state index in [-0.39, 0.29) is 30.8 Å². The largest absolute Gasteiger partial charge is 0.389 e. The van der Waals surface area contributed by atoms with Gasteiger partial charge in [0, 0.05) is 38.6 Å². The third-order valence-electron chi connectivity index (χ3n) is 11.1. The van der Waals surface area contributed by atoms with Crippen molar-refractivity contribution in [1.29, 1.82) is 0 Å². The highest BCUT2D eigenvalue weighted by Gasteiger charge is 2.48. The number of hydrogen-bond donors (Lipinski definition) is 4. The zero-order chi connectivity index (χ0) is 41.0. The lowest BCUT2D eigenvalue weighted by Crippen LogP contribution is -2.61. The van der Waals surface area contributed by atoms with E-state index in [0.717, 1.165) is 11.1 Å². The van der Waals surface area contributed by atoms with Crippen LogP contribution in [0.4, 0.5) is 18.0 Å². The molecule has 2 unspecified atom stereocenters. The lowest BCUT2D eigenvalue weighted by atomic mass is 9.86. The molecule has 1 saturated heterocycles. The van der Waals surface area contributed by atoms with Gasteiger partial charge in [-0.1, -0.05) is 58.9 Å². The number of ketones is 1. The van der Waals surface area contributed by atoms with E-state index in [1.807, 2.05) is 58.9 Å². The number of fused-ring (bicyclic) bond motifs is 1. The molecule has 5 atom stereocenters. The summed E-state index contributed by atoms with van der Waals surface area (Å²) in [5.41, 5.74) is 1.39. The Balaban J connectivity index is 1.63. The fraction of sp³-hybridized carbons (Fsp3) is 0.711. The van der Waals surface area contributed by atoms with E-state index in [2.05, 4.69) is 21.3 Å². The molecule has 55 heavy (non-hydrogen) atoms. The Morgan fingerprint density at radius 1 is 0.945 bits per heavy atom. The number of hydrogen-bond acceptors (Lipinski definition) is 7. The molecule has 0 radical (unpaired) electrons. The van der Waals surface area contributed by atoms with Gasteiger partial charge in [-0.15, -0.1) is 0 Å². The molecule has 1 heterocycles. The van der Waals surface area contributed by atoms with Crippen LogP contribution < -0.4 is 21.3 Å². The van der Waals surface area contributed by atoms with Crippen LogP contribution >= 0.6 is 0 Å². The number of sulfonamides is 1. The predicted molar refractivity (Wildman–Crippen MR) is 200 cm³/mol. The lowest BCUT2D eigenvalue weighted by Gasteiger charge is -2.36. The van der Waals surface area contributed by atoms with E-state index in [1.54, 1.807) is 0 Å². The van der Waals surface area contributed by atoms with Crippen LogP contribution in [0.15, 0.2) is 24.3 Å². The molecule has 1 saturated carbocycles. The van der Waals surface area contributed by atoms with E-state index >= 15 is 0 Å². The molecule has 2 aliphatic carbocycles. The number of Topliss-reactive ketones (excluding diaryl/α,β-unsaturated/α-hetero) is 1. The number of carbonyl (C=O) groups excluding carboxylic acids is 5. The number of benzene rings is 1. The van der Waals surface area contributed by atoms with Crippen molar-refractivity contribution >= 4 is 39.6 Å². The number of likely N-dealkylation sites (N-methyl/N-ethyl adjacent to an activating group) is 1. The quantitative estimate of drug-likeness (QED) is 0.186. The fourth-order valence-corrected chi connectivity index (χ4v) is 8.25. The molecule has 308 valence electrons. The van der Waals surface area contributed by atoms with Crippen LogP contribution in [-0.2, 0) is 42.0 Å². The maximum absolute atomic E-state index is 14.8. The van der Waals surface area contributed by atoms with Gasteiger partial charge < -0.3 is 26.2 Å². The van der Waals surface area contributed by atoms with E-state index in [1.165, 1.54) is 23.2 Å². The molecule has 0 aromatic heterocycles. The van der Waals surface area contributed by atoms with Gasteiger partial charge in [0.2, 0.25) is 27.6 Å². The zero-order valence-corrected chi connectivity index (χ0v) is 33.6. The monoisotopic (exact) mass is 798 g/mol. The van der Waals surface area contributed by atoms with Gasteiger partial charge in [-0.2, -0.15) is 13.2 Å². The van der Waals surface area contributed by atoms with Crippen LogP contribution in [0.5, 0.6) is 0 Å². The Kier molecular flexibility index (Phi) is 14.1. The number of carbonyl (C=O) groups is 5. The molecule has 17 heteroatoms. The Bertz CT molecular complexity index is 1670. The minimum atomic E-state index is -4.66. The average Bonchev–Trinajstić information content (AvgIpc) is 3.62. The number of nitrogens with one attached hydrogen (secondary N) is 4. The molecule has 1 aromatic rings. The molecular formula is C38H57F3N6O7S. The molecule has 2 fully saturated rings. The first kappa shape index (κ1) is 44.0. The Hall–Kier alpha value is -3.73. The maximum atomic E-state index is 14.8. The van der Waals surface area contributed by atoms with Crippen molar-refractivity contribution in [2.45, 2.75) is 123 Å². The highest BCUT2D eigenvalue weighted by atomic mass is 32.2. The molecule has 1 aromatic carbocycles. The summed E-state index contributed by atoms with van der Waals surface area (Å²) in [7, 11) is -2.14. The Morgan fingerprint density at radius 2 is 1.55 bits per heavy atom. The van der Waals surface area contributed by atoms with Crippen LogP contribution in [0.1, 0.15) is 84.8 Å². The summed E-state index contributed by atoms with van der Waals surface area (Å²) in [5.74, 6) is -4.84. The van der Waals surface area contributed by atoms with Gasteiger partial charge in [0.1, 0.15) is 12.1 Å². The fourth-order valence-electron chi connectivity index (χ4n) is 7.43. The van der Waals surface area contributed by atoms with E-state index in [4.69, 9.17) is 0 Å². The molecule has 0 spiro atoms. The number of nitrogens with zero attached hydrogens (tertiary/aromatic N) is 2. The second-order valence-electron chi connectivity index (χ2n) is 16.6. The van der Waals surface area contributed by atoms with Crippen LogP contribution in [0, 0.1) is 23.2 Å². The van der Waals surface area contributed by atoms with Gasteiger partial charge in [0.15, 0.2) is 0 Å². The van der Waals surface area contributed by atoms with Crippen LogP contribution in [0.2, 0.25) is 0 Å². The zero-order valence-electron chi connectivity index (χ0n) is 32.8. The number of urea groups is 1. The number of amides is 5. The van der Waals surface area contributed by atoms with Crippen molar-refractivity contribution < 1.29 is 45.6 Å². The molecule has 4 rings (SSSR count). The first-order chi connectivity index (χ1) is 25.5. The Labute approximate surface area is 322 Å². The third kappa shape index (κ3) is 11.6. The number of alkyl halides is 3. The maximum Gasteiger partial charge on any atom is 0.389 e. The van der Waals surface area contributed by atoms with Gasteiger partial charge in [0.05, 0.1) is 11.8 Å². The molecule has 5 amide bonds. The number of rotatable bonds is 16. The summed E-state index contributed by atoms with van der Waals surface area (Å²) in [5, 5.41) is 10.6. The van der Waals surface area contributed by atoms with E-state index in [0.29, 0.717) is 32.1 Å². The first-order valence-electron chi connectivity index (χ1n) is 19.1. The molecule has 4 N–H and O–H groups in total. The van der Waals surface area contributed by atoms with Gasteiger partial charge in [-0.25, -0.2) is 17.5 Å². The number of halogens is 3. The Morgan fingerprint density at radius 3 is 2.05 bits per heavy atom. The van der Waals surface area contributed by atoms with Crippen LogP contribution in [-0.4, -0.2) is 109 Å². The lowest BCUT2D eigenvalue weighted by molar-refractivity contribution is -0.147. The van der Waals surface area contributed by atoms with Gasteiger partial charge in [-0.05, 0) is 79.7 Å². The summed E-state index contributed by atoms with van der Waals surface area (Å²) >= 11 is 0. The number of likely N-dealkylation sites (tertiary alicyclic amines) is 1. The van der Waals surface area contributed by atoms with E-state index in [9.17, 15) is 45.6 Å². The summed E-state index contributed by atoms with van der Waals surface area (Å²) in [6, 6.07) is 1.88. The van der Waals surface area contributed by atoms with Gasteiger partial charge in [0.25, 0.3) is 5.91 Å². The molecular weight excluding hydrogens is 742 g/mol. The van der Waals surface area contributed by atoms with Crippen molar-refractivity contribution in [3.63, 3.8) is 0 Å². The van der Waals surface area contributed by atoms with Gasteiger partial charge >= 0.3 is 12.2 Å². The highest BCUT2D eigenvalue weighted by molar-refractivity contribution is 7.89. The van der Waals surface area contributed by atoms with Crippen molar-refractivity contribution in [1.82, 2.24) is 30.5 Å². The van der Waals surface area contributed by atoms with Crippen molar-refractivity contribution in [2.24, 2.45) is 23.2 Å². The van der Waals surface area contributed by atoms with Crippen molar-refractivity contribution in [3.8, 4) is 0 Å². The van der Waals surface area contributed by atoms with Crippen molar-refractivity contribution in [3.05, 3.63) is 35.4 Å². The summed E-state index contributed by atoms with van der Waals surface area (Å²) in [6.07, 6.45) is -4.39. The first-order valence-corrected chi connectivity index (χ1v) is 20.7. The smallest absolute Gasteiger partial charge is 0.347 e. The standard InChI is InChI=1S/C38H57F3N6O7S/c1-8-55(53,54)46(7)21-29(37(4,5)6)44-36(52)45-30(25-19-23-11-9-10-12-24(23)20-25)35(51)47-18-16-27(22(2)3)31(47)33(49)43-28(15-17-38(39,40)41)32(48)34(50)42-26-13-14-26/h9-12,22,25-31H,8,13-21H2,1-7H3,(H,42,50)(H,43,49)(H2,44,45,52)/t27?,28?,29-,30+,31+/m1/s1. The van der Waals surface area contributed by atoms with Gasteiger partial charge in [-0.3, -0.25) is 19.2 Å². The van der Waals surface area contributed by atoms with Crippen LogP contribution in [0.3, 0.4) is 0 Å². The predicted octanol–water partition coefficient (Wildman–Crippen LogP) is 3.31. The normalized spacial score (nSPS) is 20.8. The molecule has 1 aliphatic heterocycles. The second kappa shape index (κ2) is 17.6. The van der Waals surface area contributed by atoms with Crippen molar-refractivity contribution in [2.75, 3.05) is 25.9 Å². The molecule has 0 bridgehead atoms. The summed E-state index contributed by atoms with van der Waals surface area (Å²) < 4.78 is 66.4. The molecule has 3 aliphatic rings. The van der Waals surface area contributed by atoms with Crippen LogP contribution in [0.25, 0.3) is 0 Å². The second-order valence-corrected chi connectivity index (χ2v) is 19.0. The minimum absolute atomic E-state index is 0.0298. The third-order valence-corrected chi connectivity index (χ3v) is 12.9. The minimum Gasteiger partial charge on any atom is -0.347 e. The highest BCUT2D eigenvalue weighted by Crippen LogP contribution is 2.35. The summed E-state index contributed by atoms with van der Waals surface area (Å²) in [6.45, 7) is 10.9.